The molecule has 110 valence electrons. The van der Waals surface area contributed by atoms with Crippen LogP contribution in [-0.4, -0.2) is 28.1 Å². The summed E-state index contributed by atoms with van der Waals surface area (Å²) < 4.78 is 5.78. The molecule has 1 amide bonds. The predicted molar refractivity (Wildman–Crippen MR) is 75.9 cm³/mol. The zero-order valence-corrected chi connectivity index (χ0v) is 12.0. The van der Waals surface area contributed by atoms with Crippen molar-refractivity contribution in [2.45, 2.75) is 25.8 Å². The molecule has 1 saturated carbocycles. The number of amides is 1. The number of carbonyl (C=O) groups excluding carboxylic acids is 1. The summed E-state index contributed by atoms with van der Waals surface area (Å²) in [6.45, 7) is 2.57. The summed E-state index contributed by atoms with van der Waals surface area (Å²) >= 11 is 0. The molecule has 0 aliphatic heterocycles. The Hall–Kier alpha value is -2.37. The van der Waals surface area contributed by atoms with Crippen molar-refractivity contribution in [3.8, 4) is 0 Å². The molecule has 2 unspecified atom stereocenters. The first-order valence-electron chi connectivity index (χ1n) is 6.94. The Morgan fingerprint density at radius 1 is 1.43 bits per heavy atom. The molecule has 6 nitrogen and oxygen atoms in total. The molecule has 3 rings (SSSR count). The fraction of sp³-hybridized carbons (Fsp3) is 0.400. The van der Waals surface area contributed by atoms with E-state index in [1.165, 1.54) is 23.5 Å². The van der Waals surface area contributed by atoms with Crippen LogP contribution in [0.5, 0.6) is 0 Å². The van der Waals surface area contributed by atoms with Crippen LogP contribution >= 0.6 is 0 Å². The number of carbonyl (C=O) groups is 1. The number of H-pyrrole nitrogens is 1. The Morgan fingerprint density at radius 2 is 2.19 bits per heavy atom. The Bertz CT molecular complexity index is 698. The topological polar surface area (TPSA) is 79.2 Å². The Labute approximate surface area is 121 Å². The number of nitrogens with one attached hydrogen (secondary N) is 1. The molecule has 6 heteroatoms. The van der Waals surface area contributed by atoms with Crippen LogP contribution in [0.4, 0.5) is 0 Å². The number of hydrogen-bond acceptors (Lipinski definition) is 4. The zero-order chi connectivity index (χ0) is 15.0. The summed E-state index contributed by atoms with van der Waals surface area (Å²) in [4.78, 5) is 24.6. The summed E-state index contributed by atoms with van der Waals surface area (Å²) in [5, 5.41) is 5.99. The second-order valence-electron chi connectivity index (χ2n) is 5.59. The number of hydrogen-bond donors (Lipinski definition) is 1. The average molecular weight is 287 g/mol. The highest BCUT2D eigenvalue weighted by Crippen LogP contribution is 2.47. The molecule has 2 heterocycles. The molecule has 0 bridgehead atoms. The van der Waals surface area contributed by atoms with E-state index in [-0.39, 0.29) is 17.2 Å². The van der Waals surface area contributed by atoms with Gasteiger partial charge in [0.2, 0.25) is 0 Å². The lowest BCUT2D eigenvalue weighted by Crippen LogP contribution is -2.27. The molecule has 1 N–H and O–H groups in total. The summed E-state index contributed by atoms with van der Waals surface area (Å²) in [6, 6.07) is 6.59. The van der Waals surface area contributed by atoms with Crippen molar-refractivity contribution in [3.63, 3.8) is 0 Å². The minimum absolute atomic E-state index is 0.208. The van der Waals surface area contributed by atoms with Crippen molar-refractivity contribution < 1.29 is 9.21 Å². The maximum Gasteiger partial charge on any atom is 0.274 e. The quantitative estimate of drug-likeness (QED) is 0.929. The molecule has 21 heavy (non-hydrogen) atoms. The van der Waals surface area contributed by atoms with Gasteiger partial charge in [0.05, 0.1) is 6.54 Å². The van der Waals surface area contributed by atoms with Crippen LogP contribution in [0.1, 0.15) is 41.3 Å². The van der Waals surface area contributed by atoms with Gasteiger partial charge >= 0.3 is 0 Å². The van der Waals surface area contributed by atoms with Gasteiger partial charge in [-0.2, -0.15) is 5.10 Å². The van der Waals surface area contributed by atoms with Gasteiger partial charge in [0.15, 0.2) is 0 Å². The van der Waals surface area contributed by atoms with Gasteiger partial charge < -0.3 is 9.32 Å². The second-order valence-corrected chi connectivity index (χ2v) is 5.59. The fourth-order valence-corrected chi connectivity index (χ4v) is 2.36. The molecule has 2 aromatic heterocycles. The monoisotopic (exact) mass is 287 g/mol. The van der Waals surface area contributed by atoms with Gasteiger partial charge in [-0.15, -0.1) is 0 Å². The number of furan rings is 1. The van der Waals surface area contributed by atoms with Gasteiger partial charge in [0.1, 0.15) is 17.2 Å². The standard InChI is InChI=1S/C15H17N3O3/c1-9-7-11(9)13-5-3-10(21-13)8-18(2)15(20)12-4-6-14(19)17-16-12/h3-6,9,11H,7-8H2,1-2H3,(H,17,19). The van der Waals surface area contributed by atoms with Crippen LogP contribution in [0, 0.1) is 5.92 Å². The Morgan fingerprint density at radius 3 is 2.81 bits per heavy atom. The molecule has 0 spiro atoms. The van der Waals surface area contributed by atoms with Crippen molar-refractivity contribution in [1.82, 2.24) is 15.1 Å². The van der Waals surface area contributed by atoms with Gasteiger partial charge in [0, 0.05) is 19.0 Å². The normalized spacial score (nSPS) is 20.3. The van der Waals surface area contributed by atoms with Gasteiger partial charge in [-0.3, -0.25) is 9.59 Å². The lowest BCUT2D eigenvalue weighted by molar-refractivity contribution is 0.0767. The number of aromatic nitrogens is 2. The minimum atomic E-state index is -0.330. The Kier molecular flexibility index (Phi) is 3.37. The SMILES string of the molecule is CC1CC1c1ccc(CN(C)C(=O)c2ccc(=O)[nH]n2)o1. The minimum Gasteiger partial charge on any atom is -0.464 e. The first-order valence-corrected chi connectivity index (χ1v) is 6.94. The largest absolute Gasteiger partial charge is 0.464 e. The van der Waals surface area contributed by atoms with E-state index in [0.717, 1.165) is 11.5 Å². The highest BCUT2D eigenvalue weighted by Gasteiger charge is 2.36. The smallest absolute Gasteiger partial charge is 0.274 e. The fourth-order valence-electron chi connectivity index (χ4n) is 2.36. The van der Waals surface area contributed by atoms with Crippen molar-refractivity contribution in [2.24, 2.45) is 5.92 Å². The van der Waals surface area contributed by atoms with Gasteiger partial charge in [-0.25, -0.2) is 5.10 Å². The van der Waals surface area contributed by atoms with Crippen LogP contribution in [0.25, 0.3) is 0 Å². The van der Waals surface area contributed by atoms with E-state index in [1.807, 2.05) is 12.1 Å². The molecule has 1 aliphatic carbocycles. The van der Waals surface area contributed by atoms with E-state index in [1.54, 1.807) is 7.05 Å². The van der Waals surface area contributed by atoms with Gasteiger partial charge in [0.25, 0.3) is 11.5 Å². The number of rotatable bonds is 4. The third-order valence-corrected chi connectivity index (χ3v) is 3.80. The van der Waals surface area contributed by atoms with Crippen LogP contribution in [0.3, 0.4) is 0 Å². The van der Waals surface area contributed by atoms with Gasteiger partial charge in [-0.1, -0.05) is 6.92 Å². The number of nitrogens with zero attached hydrogens (tertiary/aromatic N) is 2. The van der Waals surface area contributed by atoms with E-state index in [0.29, 0.717) is 18.4 Å². The van der Waals surface area contributed by atoms with E-state index in [4.69, 9.17) is 4.42 Å². The zero-order valence-electron chi connectivity index (χ0n) is 12.0. The first kappa shape index (κ1) is 13.6. The molecular formula is C15H17N3O3. The van der Waals surface area contributed by atoms with Crippen LogP contribution in [0.15, 0.2) is 33.5 Å². The first-order chi connectivity index (χ1) is 10.0. The molecule has 0 saturated heterocycles. The highest BCUT2D eigenvalue weighted by molar-refractivity contribution is 5.91. The average Bonchev–Trinajstić information content (AvgIpc) is 3.02. The van der Waals surface area contributed by atoms with E-state index in [9.17, 15) is 9.59 Å². The van der Waals surface area contributed by atoms with Crippen LogP contribution < -0.4 is 5.56 Å². The summed E-state index contributed by atoms with van der Waals surface area (Å²) in [5.41, 5.74) is -0.122. The number of aromatic amines is 1. The summed E-state index contributed by atoms with van der Waals surface area (Å²) in [7, 11) is 1.68. The summed E-state index contributed by atoms with van der Waals surface area (Å²) in [6.07, 6.45) is 1.17. The van der Waals surface area contributed by atoms with Crippen LogP contribution in [0.2, 0.25) is 0 Å². The van der Waals surface area contributed by atoms with E-state index >= 15 is 0 Å². The third-order valence-electron chi connectivity index (χ3n) is 3.80. The lowest BCUT2D eigenvalue weighted by atomic mass is 10.3. The van der Waals surface area contributed by atoms with Crippen molar-refractivity contribution in [3.05, 3.63) is 51.8 Å². The summed E-state index contributed by atoms with van der Waals surface area (Å²) in [5.74, 6) is 2.71. The molecule has 2 aromatic rings. The van der Waals surface area contributed by atoms with E-state index in [2.05, 4.69) is 17.1 Å². The molecule has 0 aromatic carbocycles. The van der Waals surface area contributed by atoms with Gasteiger partial charge in [-0.05, 0) is 30.5 Å². The molecule has 0 radical (unpaired) electrons. The molecular weight excluding hydrogens is 270 g/mol. The van der Waals surface area contributed by atoms with Crippen molar-refractivity contribution in [1.29, 1.82) is 0 Å². The highest BCUT2D eigenvalue weighted by atomic mass is 16.3. The molecule has 2 atom stereocenters. The second kappa shape index (κ2) is 5.20. The van der Waals surface area contributed by atoms with Crippen molar-refractivity contribution >= 4 is 5.91 Å². The predicted octanol–water partition coefficient (Wildman–Crippen LogP) is 1.76. The lowest BCUT2D eigenvalue weighted by Gasteiger charge is -2.14. The van der Waals surface area contributed by atoms with Crippen molar-refractivity contribution in [2.75, 3.05) is 7.05 Å². The molecule has 1 fully saturated rings. The molecule has 1 aliphatic rings. The Balaban J connectivity index is 1.66. The maximum absolute atomic E-state index is 12.2. The maximum atomic E-state index is 12.2. The third kappa shape index (κ3) is 2.89. The van der Waals surface area contributed by atoms with E-state index < -0.39 is 0 Å². The van der Waals surface area contributed by atoms with Crippen LogP contribution in [-0.2, 0) is 6.54 Å².